The van der Waals surface area contributed by atoms with Crippen molar-refractivity contribution >= 4 is 23.6 Å². The molecule has 0 saturated heterocycles. The highest BCUT2D eigenvalue weighted by molar-refractivity contribution is 8.00. The molecule has 30 heavy (non-hydrogen) atoms. The molecule has 0 unspecified atom stereocenters. The number of aromatic hydroxyl groups is 1. The van der Waals surface area contributed by atoms with E-state index in [0.717, 1.165) is 11.9 Å². The Kier molecular flexibility index (Phi) is 6.15. The molecule has 1 amide bonds. The number of nitrogens with zero attached hydrogens (tertiary/aromatic N) is 2. The summed E-state index contributed by atoms with van der Waals surface area (Å²) in [7, 11) is 0. The van der Waals surface area contributed by atoms with Crippen LogP contribution in [0, 0.1) is 5.82 Å². The first kappa shape index (κ1) is 21.8. The summed E-state index contributed by atoms with van der Waals surface area (Å²) >= 11 is 0.868. The number of hydrogen-bond acceptors (Lipinski definition) is 8. The highest BCUT2D eigenvalue weighted by atomic mass is 32.2. The lowest BCUT2D eigenvalue weighted by Crippen LogP contribution is -2.42. The van der Waals surface area contributed by atoms with Crippen molar-refractivity contribution in [1.82, 2.24) is 14.9 Å². The number of hydrogen-bond donors (Lipinski definition) is 4. The number of carbonyl (C=O) groups is 1. The molecule has 0 spiro atoms. The monoisotopic (exact) mass is 435 g/mol. The minimum absolute atomic E-state index is 0.0440. The molecule has 0 fully saturated rings. The van der Waals surface area contributed by atoms with Gasteiger partial charge in [0.2, 0.25) is 5.75 Å². The molecule has 160 valence electrons. The van der Waals surface area contributed by atoms with Gasteiger partial charge in [0.05, 0.1) is 13.2 Å². The minimum Gasteiger partial charge on any atom is -0.501 e. The molecule has 11 heteroatoms. The van der Waals surface area contributed by atoms with Crippen molar-refractivity contribution in [3.05, 3.63) is 62.4 Å². The van der Waals surface area contributed by atoms with Gasteiger partial charge in [0, 0.05) is 23.2 Å². The second-order valence-corrected chi connectivity index (χ2v) is 7.65. The van der Waals surface area contributed by atoms with Crippen LogP contribution in [0.15, 0.2) is 28.4 Å². The molecule has 1 aliphatic heterocycles. The van der Waals surface area contributed by atoms with Crippen molar-refractivity contribution in [2.45, 2.75) is 32.5 Å². The first-order valence-electron chi connectivity index (χ1n) is 9.02. The zero-order valence-electron chi connectivity index (χ0n) is 16.4. The summed E-state index contributed by atoms with van der Waals surface area (Å²) in [5, 5.41) is 19.7. The fourth-order valence-corrected chi connectivity index (χ4v) is 3.47. The van der Waals surface area contributed by atoms with Crippen molar-refractivity contribution in [2.24, 2.45) is 10.9 Å². The van der Waals surface area contributed by atoms with Crippen LogP contribution in [0.1, 0.15) is 41.3 Å². The molecule has 0 aliphatic carbocycles. The summed E-state index contributed by atoms with van der Waals surface area (Å²) in [4.78, 5) is 29.4. The summed E-state index contributed by atoms with van der Waals surface area (Å²) in [5.74, 6) is -1.76. The van der Waals surface area contributed by atoms with Crippen molar-refractivity contribution in [2.75, 3.05) is 6.61 Å². The molecule has 2 aromatic rings. The molecule has 0 bridgehead atoms. The van der Waals surface area contributed by atoms with Gasteiger partial charge < -0.3 is 20.9 Å². The molecule has 1 aromatic carbocycles. The van der Waals surface area contributed by atoms with Crippen molar-refractivity contribution in [1.29, 1.82) is 0 Å². The van der Waals surface area contributed by atoms with Crippen LogP contribution in [0.25, 0.3) is 5.70 Å². The third-order valence-corrected chi connectivity index (χ3v) is 5.08. The van der Waals surface area contributed by atoms with Crippen LogP contribution in [0.3, 0.4) is 0 Å². The van der Waals surface area contributed by atoms with E-state index in [9.17, 15) is 19.1 Å². The van der Waals surface area contributed by atoms with E-state index < -0.39 is 34.3 Å². The molecule has 0 atom stereocenters. The standard InChI is InChI=1S/C19H22FN5O4S/c1-19(2)18-24-14(15(26)17(28)25(18)5-6-29-19)16(27)23-8-10-3-4-11(20)7-12(10)13(21)9-30-22/h3-4,7,9,26H,5-6,8,21-22H2,1-2H3,(H,23,27)/b13-9-. The van der Waals surface area contributed by atoms with E-state index in [4.69, 9.17) is 15.6 Å². The number of rotatable bonds is 5. The summed E-state index contributed by atoms with van der Waals surface area (Å²) in [6.07, 6.45) is 0. The average Bonchev–Trinajstić information content (AvgIpc) is 2.69. The van der Waals surface area contributed by atoms with E-state index in [1.54, 1.807) is 13.8 Å². The average molecular weight is 435 g/mol. The minimum atomic E-state index is -0.899. The normalized spacial score (nSPS) is 15.5. The Labute approximate surface area is 176 Å². The molecule has 0 radical (unpaired) electrons. The first-order chi connectivity index (χ1) is 14.2. The van der Waals surface area contributed by atoms with Gasteiger partial charge in [0.1, 0.15) is 17.2 Å². The quantitative estimate of drug-likeness (QED) is 0.512. The van der Waals surface area contributed by atoms with Gasteiger partial charge in [-0.1, -0.05) is 18.0 Å². The summed E-state index contributed by atoms with van der Waals surface area (Å²) < 4.78 is 20.6. The number of nitrogens with one attached hydrogen (secondary N) is 1. The number of amides is 1. The zero-order valence-corrected chi connectivity index (χ0v) is 17.3. The lowest BCUT2D eigenvalue weighted by Gasteiger charge is -2.32. The Morgan fingerprint density at radius 1 is 1.50 bits per heavy atom. The molecule has 9 nitrogen and oxygen atoms in total. The van der Waals surface area contributed by atoms with Crippen LogP contribution in [-0.4, -0.2) is 27.2 Å². The van der Waals surface area contributed by atoms with Gasteiger partial charge in [0.25, 0.3) is 11.5 Å². The van der Waals surface area contributed by atoms with E-state index in [1.807, 2.05) is 0 Å². The van der Waals surface area contributed by atoms with Gasteiger partial charge in [-0.15, -0.1) is 0 Å². The van der Waals surface area contributed by atoms with Crippen molar-refractivity contribution < 1.29 is 19.0 Å². The first-order valence-corrected chi connectivity index (χ1v) is 9.96. The number of nitrogens with two attached hydrogens (primary N) is 2. The van der Waals surface area contributed by atoms with E-state index in [0.29, 0.717) is 11.1 Å². The van der Waals surface area contributed by atoms with E-state index in [1.165, 1.54) is 28.2 Å². The summed E-state index contributed by atoms with van der Waals surface area (Å²) in [5.41, 5.74) is 5.01. The number of aromatic nitrogens is 2. The SMILES string of the molecule is CC1(C)OCCn2c1nc(C(=O)NCc1ccc(F)cc1/C(N)=C/SN)c(O)c2=O. The molecule has 6 N–H and O–H groups in total. The van der Waals surface area contributed by atoms with E-state index in [-0.39, 0.29) is 31.2 Å². The summed E-state index contributed by atoms with van der Waals surface area (Å²) in [6.45, 7) is 3.91. The molecule has 2 heterocycles. The van der Waals surface area contributed by atoms with Crippen molar-refractivity contribution in [3.63, 3.8) is 0 Å². The Hall–Kier alpha value is -2.89. The van der Waals surface area contributed by atoms with E-state index >= 15 is 0 Å². The molecular formula is C19H22FN5O4S. The van der Waals surface area contributed by atoms with Crippen LogP contribution in [0.5, 0.6) is 5.75 Å². The molecule has 0 saturated carbocycles. The van der Waals surface area contributed by atoms with Crippen LogP contribution >= 0.6 is 11.9 Å². The second-order valence-electron chi connectivity index (χ2n) is 7.14. The zero-order chi connectivity index (χ0) is 22.1. The third-order valence-electron chi connectivity index (χ3n) is 4.69. The fourth-order valence-electron chi connectivity index (χ4n) is 3.19. The van der Waals surface area contributed by atoms with E-state index in [2.05, 4.69) is 10.3 Å². The number of fused-ring (bicyclic) bond motifs is 1. The van der Waals surface area contributed by atoms with Gasteiger partial charge in [0.15, 0.2) is 5.69 Å². The maximum atomic E-state index is 13.6. The number of ether oxygens (including phenoxy) is 1. The van der Waals surface area contributed by atoms with Gasteiger partial charge in [-0.2, -0.15) is 0 Å². The Morgan fingerprint density at radius 2 is 2.23 bits per heavy atom. The molecular weight excluding hydrogens is 413 g/mol. The lowest BCUT2D eigenvalue weighted by atomic mass is 10.0. The smallest absolute Gasteiger partial charge is 0.296 e. The number of carbonyl (C=O) groups excluding carboxylic acids is 1. The summed E-state index contributed by atoms with van der Waals surface area (Å²) in [6, 6.07) is 3.93. The van der Waals surface area contributed by atoms with Crippen LogP contribution in [0.2, 0.25) is 0 Å². The van der Waals surface area contributed by atoms with Gasteiger partial charge in [-0.25, -0.2) is 9.37 Å². The maximum absolute atomic E-state index is 13.6. The highest BCUT2D eigenvalue weighted by Gasteiger charge is 2.34. The second kappa shape index (κ2) is 8.46. The fraction of sp³-hybridized carbons (Fsp3) is 0.316. The number of benzene rings is 1. The van der Waals surface area contributed by atoms with Gasteiger partial charge >= 0.3 is 0 Å². The van der Waals surface area contributed by atoms with Crippen LogP contribution in [0.4, 0.5) is 4.39 Å². The van der Waals surface area contributed by atoms with Gasteiger partial charge in [-0.05, 0) is 31.5 Å². The van der Waals surface area contributed by atoms with Crippen LogP contribution < -0.4 is 21.7 Å². The largest absolute Gasteiger partial charge is 0.501 e. The highest BCUT2D eigenvalue weighted by Crippen LogP contribution is 2.27. The van der Waals surface area contributed by atoms with Crippen molar-refractivity contribution in [3.8, 4) is 5.75 Å². The van der Waals surface area contributed by atoms with Crippen LogP contribution in [-0.2, 0) is 23.4 Å². The Morgan fingerprint density at radius 3 is 2.93 bits per heavy atom. The Bertz CT molecular complexity index is 1080. The predicted octanol–water partition coefficient (Wildman–Crippen LogP) is 1.15. The third kappa shape index (κ3) is 4.18. The Balaban J connectivity index is 1.91. The molecule has 3 rings (SSSR count). The predicted molar refractivity (Wildman–Crippen MR) is 111 cm³/mol. The molecule has 1 aromatic heterocycles. The lowest BCUT2D eigenvalue weighted by molar-refractivity contribution is -0.0566. The topological polar surface area (TPSA) is 145 Å². The maximum Gasteiger partial charge on any atom is 0.296 e. The van der Waals surface area contributed by atoms with Gasteiger partial charge in [-0.3, -0.25) is 19.3 Å². The number of halogens is 1. The molecule has 1 aliphatic rings.